The molecule has 1 unspecified atom stereocenters. The smallest absolute Gasteiger partial charge is 0.142 e. The Balaban J connectivity index is 1.97. The second-order valence-corrected chi connectivity index (χ2v) is 5.38. The highest BCUT2D eigenvalue weighted by Crippen LogP contribution is 2.29. The van der Waals surface area contributed by atoms with Crippen molar-refractivity contribution in [2.75, 3.05) is 0 Å². The van der Waals surface area contributed by atoms with Crippen molar-refractivity contribution in [3.8, 4) is 0 Å². The van der Waals surface area contributed by atoms with E-state index in [9.17, 15) is 9.50 Å². The Bertz CT molecular complexity index is 780. The van der Waals surface area contributed by atoms with Crippen molar-refractivity contribution in [2.24, 2.45) is 0 Å². The lowest BCUT2D eigenvalue weighted by Crippen LogP contribution is -2.03. The minimum Gasteiger partial charge on any atom is -0.388 e. The predicted octanol–water partition coefficient (Wildman–Crippen LogP) is 4.91. The van der Waals surface area contributed by atoms with Crippen LogP contribution in [0.1, 0.15) is 17.2 Å². The number of rotatable bonds is 3. The van der Waals surface area contributed by atoms with E-state index in [1.807, 2.05) is 42.5 Å². The molecular weight excluding hydrogens is 287 g/mol. The summed E-state index contributed by atoms with van der Waals surface area (Å²) in [5, 5.41) is 12.7. The summed E-state index contributed by atoms with van der Waals surface area (Å²) in [7, 11) is 0. The van der Waals surface area contributed by atoms with E-state index in [1.165, 1.54) is 6.07 Å². The van der Waals surface area contributed by atoms with Gasteiger partial charge in [-0.15, -0.1) is 0 Å². The van der Waals surface area contributed by atoms with Gasteiger partial charge >= 0.3 is 0 Å². The van der Waals surface area contributed by atoms with E-state index in [2.05, 4.69) is 0 Å². The maximum Gasteiger partial charge on any atom is 0.142 e. The largest absolute Gasteiger partial charge is 0.388 e. The molecule has 0 spiro atoms. The first-order valence-corrected chi connectivity index (χ1v) is 7.13. The van der Waals surface area contributed by atoms with Crippen molar-refractivity contribution >= 4 is 22.4 Å². The third kappa shape index (κ3) is 2.78. The van der Waals surface area contributed by atoms with Crippen molar-refractivity contribution in [2.45, 2.75) is 12.5 Å². The van der Waals surface area contributed by atoms with Gasteiger partial charge < -0.3 is 5.11 Å². The molecule has 0 radical (unpaired) electrons. The maximum absolute atomic E-state index is 13.5. The molecule has 106 valence electrons. The minimum absolute atomic E-state index is 0.0804. The quantitative estimate of drug-likeness (QED) is 0.729. The first kappa shape index (κ1) is 14.1. The molecule has 0 heterocycles. The predicted molar refractivity (Wildman–Crippen MR) is 84.0 cm³/mol. The fourth-order valence-electron chi connectivity index (χ4n) is 2.57. The van der Waals surface area contributed by atoms with Crippen LogP contribution >= 0.6 is 11.6 Å². The zero-order valence-corrected chi connectivity index (χ0v) is 12.0. The Morgan fingerprint density at radius 1 is 0.952 bits per heavy atom. The molecule has 1 nitrogen and oxygen atoms in total. The summed E-state index contributed by atoms with van der Waals surface area (Å²) in [5.41, 5.74) is 1.44. The number of hydrogen-bond donors (Lipinski definition) is 1. The van der Waals surface area contributed by atoms with Crippen molar-refractivity contribution in [3.05, 3.63) is 82.6 Å². The van der Waals surface area contributed by atoms with Gasteiger partial charge in [-0.3, -0.25) is 0 Å². The van der Waals surface area contributed by atoms with E-state index < -0.39 is 11.9 Å². The summed E-state index contributed by atoms with van der Waals surface area (Å²) in [6.07, 6.45) is -0.444. The lowest BCUT2D eigenvalue weighted by atomic mass is 9.96. The lowest BCUT2D eigenvalue weighted by molar-refractivity contribution is 0.180. The molecule has 1 N–H and O–H groups in total. The van der Waals surface area contributed by atoms with E-state index >= 15 is 0 Å². The van der Waals surface area contributed by atoms with Gasteiger partial charge in [0.2, 0.25) is 0 Å². The molecule has 3 aromatic rings. The van der Waals surface area contributed by atoms with Gasteiger partial charge in [0.25, 0.3) is 0 Å². The monoisotopic (exact) mass is 300 g/mol. The molecule has 0 aliphatic carbocycles. The summed E-state index contributed by atoms with van der Waals surface area (Å²) < 4.78 is 13.5. The van der Waals surface area contributed by atoms with E-state index in [-0.39, 0.29) is 11.4 Å². The number of aliphatic hydroxyl groups is 1. The molecule has 3 heteroatoms. The summed E-state index contributed by atoms with van der Waals surface area (Å²) in [5.74, 6) is -0.459. The van der Waals surface area contributed by atoms with Crippen LogP contribution in [-0.2, 0) is 6.42 Å². The van der Waals surface area contributed by atoms with Gasteiger partial charge in [-0.25, -0.2) is 4.39 Å². The standard InChI is InChI=1S/C18H14ClFO/c19-18-13(7-4-10-16(18)20)11-17(21)15-9-3-6-12-5-1-2-8-14(12)15/h1-10,17,21H,11H2. The molecule has 1 atom stereocenters. The zero-order valence-electron chi connectivity index (χ0n) is 11.3. The Hall–Kier alpha value is -1.90. The minimum atomic E-state index is -0.726. The Labute approximate surface area is 127 Å². The number of hydrogen-bond acceptors (Lipinski definition) is 1. The van der Waals surface area contributed by atoms with Gasteiger partial charge in [-0.05, 0) is 28.0 Å². The molecule has 3 rings (SSSR count). The second kappa shape index (κ2) is 5.84. The number of halogens is 2. The fraction of sp³-hybridized carbons (Fsp3) is 0.111. The maximum atomic E-state index is 13.5. The summed E-state index contributed by atoms with van der Waals surface area (Å²) >= 11 is 5.96. The molecule has 0 bridgehead atoms. The second-order valence-electron chi connectivity index (χ2n) is 5.00. The van der Waals surface area contributed by atoms with E-state index in [4.69, 9.17) is 11.6 Å². The van der Waals surface area contributed by atoms with Crippen LogP contribution in [0.2, 0.25) is 5.02 Å². The van der Waals surface area contributed by atoms with E-state index in [0.717, 1.165) is 16.3 Å². The summed E-state index contributed by atoms with van der Waals surface area (Å²) in [6, 6.07) is 18.3. The third-order valence-corrected chi connectivity index (χ3v) is 4.05. The Morgan fingerprint density at radius 2 is 1.67 bits per heavy atom. The van der Waals surface area contributed by atoms with Crippen LogP contribution in [-0.4, -0.2) is 5.11 Å². The zero-order chi connectivity index (χ0) is 14.8. The normalized spacial score (nSPS) is 12.5. The van der Waals surface area contributed by atoms with Crippen LogP contribution in [0.25, 0.3) is 10.8 Å². The molecule has 0 aliphatic rings. The third-order valence-electron chi connectivity index (χ3n) is 3.63. The number of benzene rings is 3. The first-order chi connectivity index (χ1) is 10.2. The average molecular weight is 301 g/mol. The van der Waals surface area contributed by atoms with Crippen LogP contribution in [0.5, 0.6) is 0 Å². The molecule has 0 saturated heterocycles. The Morgan fingerprint density at radius 3 is 2.52 bits per heavy atom. The molecule has 0 aliphatic heterocycles. The van der Waals surface area contributed by atoms with Gasteiger partial charge in [0.05, 0.1) is 11.1 Å². The van der Waals surface area contributed by atoms with E-state index in [0.29, 0.717) is 5.56 Å². The molecule has 0 aromatic heterocycles. The molecule has 3 aromatic carbocycles. The van der Waals surface area contributed by atoms with Crippen molar-refractivity contribution in [3.63, 3.8) is 0 Å². The van der Waals surface area contributed by atoms with Crippen LogP contribution in [0.4, 0.5) is 4.39 Å². The van der Waals surface area contributed by atoms with Crippen LogP contribution in [0.3, 0.4) is 0 Å². The van der Waals surface area contributed by atoms with Crippen LogP contribution in [0.15, 0.2) is 60.7 Å². The topological polar surface area (TPSA) is 20.2 Å². The average Bonchev–Trinajstić information content (AvgIpc) is 2.51. The molecule has 0 amide bonds. The van der Waals surface area contributed by atoms with Gasteiger partial charge in [0.1, 0.15) is 5.82 Å². The van der Waals surface area contributed by atoms with Crippen LogP contribution < -0.4 is 0 Å². The summed E-state index contributed by atoms with van der Waals surface area (Å²) in [6.45, 7) is 0. The van der Waals surface area contributed by atoms with Crippen molar-refractivity contribution in [1.29, 1.82) is 0 Å². The van der Waals surface area contributed by atoms with Gasteiger partial charge in [0.15, 0.2) is 0 Å². The molecule has 0 fully saturated rings. The van der Waals surface area contributed by atoms with Crippen molar-refractivity contribution in [1.82, 2.24) is 0 Å². The fourth-order valence-corrected chi connectivity index (χ4v) is 2.77. The van der Waals surface area contributed by atoms with Crippen LogP contribution in [0, 0.1) is 5.82 Å². The lowest BCUT2D eigenvalue weighted by Gasteiger charge is -2.15. The highest BCUT2D eigenvalue weighted by atomic mass is 35.5. The number of aliphatic hydroxyl groups excluding tert-OH is 1. The van der Waals surface area contributed by atoms with Gasteiger partial charge in [-0.1, -0.05) is 66.2 Å². The highest BCUT2D eigenvalue weighted by Gasteiger charge is 2.15. The molecular formula is C18H14ClFO. The summed E-state index contributed by atoms with van der Waals surface area (Å²) in [4.78, 5) is 0. The van der Waals surface area contributed by atoms with Crippen molar-refractivity contribution < 1.29 is 9.50 Å². The van der Waals surface area contributed by atoms with Gasteiger partial charge in [-0.2, -0.15) is 0 Å². The van der Waals surface area contributed by atoms with Gasteiger partial charge in [0, 0.05) is 6.42 Å². The Kier molecular flexibility index (Phi) is 3.91. The first-order valence-electron chi connectivity index (χ1n) is 6.75. The highest BCUT2D eigenvalue weighted by molar-refractivity contribution is 6.31. The molecule has 21 heavy (non-hydrogen) atoms. The molecule has 0 saturated carbocycles. The SMILES string of the molecule is OC(Cc1cccc(F)c1Cl)c1cccc2ccccc12. The number of fused-ring (bicyclic) bond motifs is 1. The van der Waals surface area contributed by atoms with E-state index in [1.54, 1.807) is 12.1 Å².